The zero-order chi connectivity index (χ0) is 9.84. The largest absolute Gasteiger partial charge is 0.384 e. The minimum atomic E-state index is -1.49. The predicted molar refractivity (Wildman–Crippen MR) is 46.3 cm³/mol. The number of thiophene rings is 1. The summed E-state index contributed by atoms with van der Waals surface area (Å²) in [6, 6.07) is 1.50. The van der Waals surface area contributed by atoms with Crippen LogP contribution in [0.25, 0.3) is 0 Å². The molecule has 13 heavy (non-hydrogen) atoms. The minimum absolute atomic E-state index is 0.300. The highest BCUT2D eigenvalue weighted by molar-refractivity contribution is 7.08. The molecule has 0 fully saturated rings. The summed E-state index contributed by atoms with van der Waals surface area (Å²) in [5, 5.41) is 29.8. The van der Waals surface area contributed by atoms with Crippen molar-refractivity contribution in [1.29, 1.82) is 5.26 Å². The maximum Gasteiger partial charge on any atom is 0.170 e. The quantitative estimate of drug-likeness (QED) is 0.545. The Bertz CT molecular complexity index is 341. The summed E-state index contributed by atoms with van der Waals surface area (Å²) in [5.41, 5.74) is 0.612. The van der Waals surface area contributed by atoms with E-state index in [0.717, 1.165) is 0 Å². The average Bonchev–Trinajstić information content (AvgIpc) is 2.62. The van der Waals surface area contributed by atoms with E-state index in [1.807, 2.05) is 0 Å². The zero-order valence-electron chi connectivity index (χ0n) is 6.54. The second-order valence-electron chi connectivity index (χ2n) is 2.42. The Hall–Kier alpha value is -1.22. The molecule has 2 unspecified atom stereocenters. The van der Waals surface area contributed by atoms with Gasteiger partial charge in [-0.25, -0.2) is 0 Å². The summed E-state index contributed by atoms with van der Waals surface area (Å²) < 4.78 is 0. The molecule has 0 bridgehead atoms. The van der Waals surface area contributed by atoms with Gasteiger partial charge in [-0.05, 0) is 5.38 Å². The Kier molecular flexibility index (Phi) is 3.14. The molecule has 0 spiro atoms. The third-order valence-corrected chi connectivity index (χ3v) is 2.38. The van der Waals surface area contributed by atoms with Crippen LogP contribution in [0.3, 0.4) is 0 Å². The van der Waals surface area contributed by atoms with E-state index in [4.69, 9.17) is 10.4 Å². The van der Waals surface area contributed by atoms with E-state index < -0.39 is 12.2 Å². The van der Waals surface area contributed by atoms with Crippen molar-refractivity contribution in [2.24, 2.45) is 0 Å². The lowest BCUT2D eigenvalue weighted by molar-refractivity contribution is 0.0525. The fraction of sp³-hybridized carbons (Fsp3) is 0.250. The van der Waals surface area contributed by atoms with Crippen molar-refractivity contribution in [1.82, 2.24) is 0 Å². The van der Waals surface area contributed by atoms with E-state index in [1.165, 1.54) is 22.8 Å². The predicted octanol–water partition coefficient (Wildman–Crippen LogP) is 0.478. The number of aliphatic hydroxyl groups is 2. The number of nitrogens with zero attached hydrogens (tertiary/aromatic N) is 1. The summed E-state index contributed by atoms with van der Waals surface area (Å²) in [7, 11) is 0. The number of carbonyl (C=O) groups excluding carboxylic acids is 1. The van der Waals surface area contributed by atoms with Crippen molar-refractivity contribution in [2.45, 2.75) is 12.2 Å². The van der Waals surface area contributed by atoms with Crippen molar-refractivity contribution in [2.75, 3.05) is 0 Å². The Morgan fingerprint density at radius 3 is 2.77 bits per heavy atom. The Morgan fingerprint density at radius 2 is 2.23 bits per heavy atom. The average molecular weight is 197 g/mol. The van der Waals surface area contributed by atoms with Gasteiger partial charge in [-0.15, -0.1) is 0 Å². The van der Waals surface area contributed by atoms with E-state index in [2.05, 4.69) is 0 Å². The molecule has 2 N–H and O–H groups in total. The lowest BCUT2D eigenvalue weighted by Gasteiger charge is -2.10. The molecule has 0 aliphatic carbocycles. The maximum absolute atomic E-state index is 10.4. The molecule has 0 aliphatic heterocycles. The van der Waals surface area contributed by atoms with Crippen LogP contribution in [0.5, 0.6) is 0 Å². The van der Waals surface area contributed by atoms with E-state index in [-0.39, 0.29) is 0 Å². The van der Waals surface area contributed by atoms with Gasteiger partial charge in [0.15, 0.2) is 12.4 Å². The van der Waals surface area contributed by atoms with E-state index >= 15 is 0 Å². The molecule has 0 saturated carbocycles. The van der Waals surface area contributed by atoms with Crippen LogP contribution in [0.1, 0.15) is 22.0 Å². The summed E-state index contributed by atoms with van der Waals surface area (Å²) in [4.78, 5) is 10.4. The molecule has 1 aromatic heterocycles. The molecule has 2 atom stereocenters. The Morgan fingerprint density at radius 1 is 1.54 bits per heavy atom. The molecule has 5 heteroatoms. The van der Waals surface area contributed by atoms with Gasteiger partial charge < -0.3 is 10.2 Å². The fourth-order valence-electron chi connectivity index (χ4n) is 0.894. The van der Waals surface area contributed by atoms with Crippen LogP contribution in [0, 0.1) is 11.3 Å². The molecular weight excluding hydrogens is 190 g/mol. The van der Waals surface area contributed by atoms with Gasteiger partial charge in [0.05, 0.1) is 6.07 Å². The second kappa shape index (κ2) is 4.14. The number of aliphatic hydroxyl groups excluding tert-OH is 2. The van der Waals surface area contributed by atoms with Crippen molar-refractivity contribution < 1.29 is 15.0 Å². The van der Waals surface area contributed by atoms with Gasteiger partial charge >= 0.3 is 0 Å². The van der Waals surface area contributed by atoms with Gasteiger partial charge in [0.1, 0.15) is 6.10 Å². The summed E-state index contributed by atoms with van der Waals surface area (Å²) >= 11 is 1.24. The van der Waals surface area contributed by atoms with Crippen molar-refractivity contribution in [3.05, 3.63) is 21.9 Å². The first-order valence-corrected chi connectivity index (χ1v) is 4.42. The van der Waals surface area contributed by atoms with Crippen LogP contribution in [-0.2, 0) is 0 Å². The highest BCUT2D eigenvalue weighted by atomic mass is 32.1. The van der Waals surface area contributed by atoms with Gasteiger partial charge in [0.2, 0.25) is 0 Å². The highest BCUT2D eigenvalue weighted by Crippen LogP contribution is 2.23. The van der Waals surface area contributed by atoms with Crippen LogP contribution in [0.2, 0.25) is 0 Å². The smallest absolute Gasteiger partial charge is 0.170 e. The third kappa shape index (κ3) is 1.92. The van der Waals surface area contributed by atoms with E-state index in [0.29, 0.717) is 17.4 Å². The molecule has 0 saturated heterocycles. The first kappa shape index (κ1) is 9.86. The van der Waals surface area contributed by atoms with Crippen LogP contribution in [-0.4, -0.2) is 22.6 Å². The number of nitriles is 1. The monoisotopic (exact) mass is 197 g/mol. The molecule has 0 aromatic carbocycles. The topological polar surface area (TPSA) is 81.3 Å². The van der Waals surface area contributed by atoms with Gasteiger partial charge in [-0.3, -0.25) is 4.79 Å². The standard InChI is InChI=1S/C8H7NO3S/c9-1-7(11)8(12)6-4-13-3-5(6)2-10/h2-4,7-8,11-12H. The highest BCUT2D eigenvalue weighted by Gasteiger charge is 2.20. The SMILES string of the molecule is N#CC(O)C(O)c1cscc1C=O. The lowest BCUT2D eigenvalue weighted by Crippen LogP contribution is -2.16. The van der Waals surface area contributed by atoms with E-state index in [1.54, 1.807) is 5.38 Å². The van der Waals surface area contributed by atoms with Crippen molar-refractivity contribution >= 4 is 17.6 Å². The van der Waals surface area contributed by atoms with Crippen molar-refractivity contribution in [3.63, 3.8) is 0 Å². The van der Waals surface area contributed by atoms with Gasteiger partial charge in [-0.1, -0.05) is 0 Å². The molecule has 0 amide bonds. The van der Waals surface area contributed by atoms with Crippen LogP contribution < -0.4 is 0 Å². The maximum atomic E-state index is 10.4. The minimum Gasteiger partial charge on any atom is -0.384 e. The molecule has 1 heterocycles. The first-order chi connectivity index (χ1) is 6.20. The van der Waals surface area contributed by atoms with E-state index in [9.17, 15) is 9.90 Å². The normalized spacial score (nSPS) is 14.5. The molecular formula is C8H7NO3S. The fourth-order valence-corrected chi connectivity index (χ4v) is 1.72. The number of carbonyl (C=O) groups is 1. The molecule has 68 valence electrons. The van der Waals surface area contributed by atoms with Crippen LogP contribution in [0.4, 0.5) is 0 Å². The lowest BCUT2D eigenvalue weighted by atomic mass is 10.1. The molecule has 0 aliphatic rings. The molecule has 1 aromatic rings. The third-order valence-electron chi connectivity index (χ3n) is 1.60. The first-order valence-electron chi connectivity index (χ1n) is 3.47. The summed E-state index contributed by atoms with van der Waals surface area (Å²) in [6.45, 7) is 0. The van der Waals surface area contributed by atoms with Crippen molar-refractivity contribution in [3.8, 4) is 6.07 Å². The zero-order valence-corrected chi connectivity index (χ0v) is 7.36. The van der Waals surface area contributed by atoms with Gasteiger partial charge in [0, 0.05) is 16.5 Å². The summed E-state index contributed by atoms with van der Waals surface area (Å²) in [6.07, 6.45) is -2.22. The molecule has 4 nitrogen and oxygen atoms in total. The Balaban J connectivity index is 2.95. The number of hydrogen-bond donors (Lipinski definition) is 2. The molecule has 0 radical (unpaired) electrons. The van der Waals surface area contributed by atoms with Crippen LogP contribution in [0.15, 0.2) is 10.8 Å². The number of rotatable bonds is 3. The number of hydrogen-bond acceptors (Lipinski definition) is 5. The summed E-state index contributed by atoms with van der Waals surface area (Å²) in [5.74, 6) is 0. The Labute approximate surface area is 78.7 Å². The second-order valence-corrected chi connectivity index (χ2v) is 3.16. The van der Waals surface area contributed by atoms with Gasteiger partial charge in [-0.2, -0.15) is 16.6 Å². The molecule has 1 rings (SSSR count). The number of aldehydes is 1. The van der Waals surface area contributed by atoms with Gasteiger partial charge in [0.25, 0.3) is 0 Å². The van der Waals surface area contributed by atoms with Crippen LogP contribution >= 0.6 is 11.3 Å².